The molecule has 0 aliphatic heterocycles. The second-order valence-electron chi connectivity index (χ2n) is 4.41. The van der Waals surface area contributed by atoms with Gasteiger partial charge in [-0.2, -0.15) is 0 Å². The van der Waals surface area contributed by atoms with Crippen LogP contribution in [-0.2, 0) is 14.8 Å². The fraction of sp³-hybridized carbons (Fsp3) is 0.0714. The van der Waals surface area contributed by atoms with Crippen molar-refractivity contribution in [3.8, 4) is 0 Å². The predicted octanol–water partition coefficient (Wildman–Crippen LogP) is 2.27. The summed E-state index contributed by atoms with van der Waals surface area (Å²) >= 11 is 3.25. The summed E-state index contributed by atoms with van der Waals surface area (Å²) in [5, 5.41) is 0. The van der Waals surface area contributed by atoms with E-state index in [0.717, 1.165) is 33.0 Å². The van der Waals surface area contributed by atoms with E-state index in [1.807, 2.05) is 0 Å². The Morgan fingerprint density at radius 2 is 1.64 bits per heavy atom. The van der Waals surface area contributed by atoms with E-state index in [1.54, 1.807) is 12.1 Å². The van der Waals surface area contributed by atoms with Crippen LogP contribution in [0.3, 0.4) is 0 Å². The van der Waals surface area contributed by atoms with Crippen LogP contribution in [-0.4, -0.2) is 20.9 Å². The number of hydrogen-bond donors (Lipinski definition) is 1. The molecule has 0 aromatic heterocycles. The molecule has 0 heterocycles. The third kappa shape index (κ3) is 3.63. The lowest BCUT2D eigenvalue weighted by atomic mass is 10.3. The number of halogens is 2. The highest BCUT2D eigenvalue weighted by Gasteiger charge is 2.26. The number of sulfonamides is 1. The Balaban J connectivity index is 2.50. The van der Waals surface area contributed by atoms with Crippen LogP contribution >= 0.6 is 15.9 Å². The van der Waals surface area contributed by atoms with Gasteiger partial charge in [0.2, 0.25) is 5.91 Å². The van der Waals surface area contributed by atoms with Crippen LogP contribution in [0.1, 0.15) is 0 Å². The van der Waals surface area contributed by atoms with E-state index in [2.05, 4.69) is 15.9 Å². The molecule has 0 radical (unpaired) electrons. The normalized spacial score (nSPS) is 11.2. The molecule has 5 nitrogen and oxygen atoms in total. The van der Waals surface area contributed by atoms with Gasteiger partial charge in [-0.05, 0) is 48.5 Å². The number of primary amides is 1. The van der Waals surface area contributed by atoms with E-state index >= 15 is 0 Å². The van der Waals surface area contributed by atoms with Crippen molar-refractivity contribution in [2.75, 3.05) is 10.8 Å². The summed E-state index contributed by atoms with van der Waals surface area (Å²) in [5.41, 5.74) is 5.43. The molecule has 116 valence electrons. The van der Waals surface area contributed by atoms with E-state index in [1.165, 1.54) is 12.1 Å². The van der Waals surface area contributed by atoms with Crippen molar-refractivity contribution in [3.63, 3.8) is 0 Å². The Labute approximate surface area is 135 Å². The summed E-state index contributed by atoms with van der Waals surface area (Å²) in [6.45, 7) is -0.513. The number of amides is 1. The molecule has 0 saturated carbocycles. The fourth-order valence-electron chi connectivity index (χ4n) is 1.80. The highest BCUT2D eigenvalue weighted by atomic mass is 79.9. The van der Waals surface area contributed by atoms with Gasteiger partial charge in [0.05, 0.1) is 10.6 Å². The summed E-state index contributed by atoms with van der Waals surface area (Å²) in [6.07, 6.45) is 0. The first-order chi connectivity index (χ1) is 10.3. The minimum Gasteiger partial charge on any atom is -0.368 e. The van der Waals surface area contributed by atoms with Crippen LogP contribution in [0.25, 0.3) is 0 Å². The Morgan fingerprint density at radius 1 is 1.09 bits per heavy atom. The molecule has 0 spiro atoms. The molecule has 0 atom stereocenters. The number of nitrogens with two attached hydrogens (primary N) is 1. The van der Waals surface area contributed by atoms with E-state index in [9.17, 15) is 17.6 Å². The Bertz CT molecular complexity index is 777. The molecule has 2 rings (SSSR count). The monoisotopic (exact) mass is 386 g/mol. The molecule has 22 heavy (non-hydrogen) atoms. The maximum atomic E-state index is 13.0. The van der Waals surface area contributed by atoms with Gasteiger partial charge >= 0.3 is 0 Å². The summed E-state index contributed by atoms with van der Waals surface area (Å²) in [4.78, 5) is 11.1. The molecule has 0 unspecified atom stereocenters. The molecule has 0 aliphatic rings. The minimum atomic E-state index is -4.03. The molecule has 8 heteroatoms. The minimum absolute atomic E-state index is 0.127. The summed E-state index contributed by atoms with van der Waals surface area (Å²) in [5.74, 6) is -1.35. The number of carbonyl (C=O) groups is 1. The highest BCUT2D eigenvalue weighted by Crippen LogP contribution is 2.25. The van der Waals surface area contributed by atoms with Gasteiger partial charge in [0.1, 0.15) is 12.4 Å². The number of rotatable bonds is 5. The van der Waals surface area contributed by atoms with Gasteiger partial charge in [0.15, 0.2) is 0 Å². The Morgan fingerprint density at radius 3 is 2.14 bits per heavy atom. The average Bonchev–Trinajstić information content (AvgIpc) is 2.46. The first kappa shape index (κ1) is 16.4. The first-order valence-electron chi connectivity index (χ1n) is 6.13. The van der Waals surface area contributed by atoms with Crippen molar-refractivity contribution in [1.29, 1.82) is 0 Å². The zero-order valence-electron chi connectivity index (χ0n) is 11.2. The molecule has 0 bridgehead atoms. The highest BCUT2D eigenvalue weighted by molar-refractivity contribution is 9.10. The van der Waals surface area contributed by atoms with Crippen molar-refractivity contribution in [2.45, 2.75) is 4.90 Å². The van der Waals surface area contributed by atoms with Crippen LogP contribution in [0.15, 0.2) is 57.9 Å². The van der Waals surface area contributed by atoms with E-state index in [-0.39, 0.29) is 10.6 Å². The predicted molar refractivity (Wildman–Crippen MR) is 84.3 cm³/mol. The van der Waals surface area contributed by atoms with Crippen LogP contribution in [0.5, 0.6) is 0 Å². The van der Waals surface area contributed by atoms with Crippen LogP contribution in [0.2, 0.25) is 0 Å². The molecular formula is C14H12BrFN2O3S. The molecule has 2 aromatic rings. The van der Waals surface area contributed by atoms with Crippen molar-refractivity contribution in [2.24, 2.45) is 5.73 Å². The molecule has 0 saturated heterocycles. The lowest BCUT2D eigenvalue weighted by Crippen LogP contribution is -2.38. The topological polar surface area (TPSA) is 80.5 Å². The lowest BCUT2D eigenvalue weighted by molar-refractivity contribution is -0.116. The molecule has 0 aliphatic carbocycles. The van der Waals surface area contributed by atoms with Crippen molar-refractivity contribution in [1.82, 2.24) is 0 Å². The van der Waals surface area contributed by atoms with Gasteiger partial charge in [-0.15, -0.1) is 0 Å². The van der Waals surface area contributed by atoms with E-state index in [4.69, 9.17) is 5.73 Å². The summed E-state index contributed by atoms with van der Waals surface area (Å²) in [6, 6.07) is 10.7. The second-order valence-corrected chi connectivity index (χ2v) is 7.19. The molecule has 2 N–H and O–H groups in total. The number of anilines is 1. The quantitative estimate of drug-likeness (QED) is 0.855. The number of nitrogens with zero attached hydrogens (tertiary/aromatic N) is 1. The third-order valence-corrected chi connectivity index (χ3v) is 5.13. The number of benzene rings is 2. The number of carbonyl (C=O) groups excluding carboxylic acids is 1. The van der Waals surface area contributed by atoms with Gasteiger partial charge in [0, 0.05) is 4.47 Å². The van der Waals surface area contributed by atoms with Crippen molar-refractivity contribution < 1.29 is 17.6 Å². The van der Waals surface area contributed by atoms with E-state index in [0.29, 0.717) is 0 Å². The molecular weight excluding hydrogens is 375 g/mol. The van der Waals surface area contributed by atoms with Crippen LogP contribution in [0.4, 0.5) is 10.1 Å². The van der Waals surface area contributed by atoms with Gasteiger partial charge < -0.3 is 5.73 Å². The summed E-state index contributed by atoms with van der Waals surface area (Å²) < 4.78 is 39.9. The Hall–Kier alpha value is -1.93. The second kappa shape index (κ2) is 6.45. The zero-order valence-corrected chi connectivity index (χ0v) is 13.6. The number of hydrogen-bond acceptors (Lipinski definition) is 3. The first-order valence-corrected chi connectivity index (χ1v) is 8.36. The fourth-order valence-corrected chi connectivity index (χ4v) is 3.49. The molecule has 2 aromatic carbocycles. The smallest absolute Gasteiger partial charge is 0.264 e. The maximum Gasteiger partial charge on any atom is 0.264 e. The van der Waals surface area contributed by atoms with Crippen LogP contribution < -0.4 is 10.0 Å². The molecule has 0 fully saturated rings. The largest absolute Gasteiger partial charge is 0.368 e. The van der Waals surface area contributed by atoms with E-state index < -0.39 is 28.3 Å². The summed E-state index contributed by atoms with van der Waals surface area (Å²) in [7, 11) is -4.03. The maximum absolute atomic E-state index is 13.0. The third-order valence-electron chi connectivity index (χ3n) is 2.82. The van der Waals surface area contributed by atoms with Gasteiger partial charge in [0.25, 0.3) is 10.0 Å². The lowest BCUT2D eigenvalue weighted by Gasteiger charge is -2.23. The van der Waals surface area contributed by atoms with Gasteiger partial charge in [-0.25, -0.2) is 12.8 Å². The average molecular weight is 387 g/mol. The standard InChI is InChI=1S/C14H12BrFN2O3S/c15-10-1-5-12(6-2-10)18(9-14(17)19)22(20,21)13-7-3-11(16)4-8-13/h1-8H,9H2,(H2,17,19). The Kier molecular flexibility index (Phi) is 4.82. The van der Waals surface area contributed by atoms with Gasteiger partial charge in [-0.1, -0.05) is 15.9 Å². The zero-order chi connectivity index (χ0) is 16.3. The SMILES string of the molecule is NC(=O)CN(c1ccc(Br)cc1)S(=O)(=O)c1ccc(F)cc1. The van der Waals surface area contributed by atoms with Crippen molar-refractivity contribution >= 4 is 37.5 Å². The van der Waals surface area contributed by atoms with Crippen molar-refractivity contribution in [3.05, 3.63) is 58.8 Å². The van der Waals surface area contributed by atoms with Crippen LogP contribution in [0, 0.1) is 5.82 Å². The molecule has 1 amide bonds. The van der Waals surface area contributed by atoms with Gasteiger partial charge in [-0.3, -0.25) is 9.10 Å².